The van der Waals surface area contributed by atoms with Crippen LogP contribution in [-0.4, -0.2) is 11.7 Å². The van der Waals surface area contributed by atoms with Gasteiger partial charge in [0.05, 0.1) is 11.8 Å². The van der Waals surface area contributed by atoms with E-state index >= 15 is 0 Å². The molecule has 1 unspecified atom stereocenters. The minimum absolute atomic E-state index is 0.0204. The van der Waals surface area contributed by atoms with Gasteiger partial charge >= 0.3 is 0 Å². The van der Waals surface area contributed by atoms with Crippen LogP contribution in [0.1, 0.15) is 11.7 Å². The molecular formula is C14H11F4NO. The molecule has 6 heteroatoms. The molecule has 2 aromatic rings. The highest BCUT2D eigenvalue weighted by Crippen LogP contribution is 2.20. The van der Waals surface area contributed by atoms with Gasteiger partial charge in [0, 0.05) is 24.2 Å². The van der Waals surface area contributed by atoms with Gasteiger partial charge in [-0.25, -0.2) is 17.6 Å². The number of rotatable bonds is 4. The highest BCUT2D eigenvalue weighted by molar-refractivity contribution is 5.45. The molecule has 0 aliphatic carbocycles. The van der Waals surface area contributed by atoms with Crippen LogP contribution in [0.2, 0.25) is 0 Å². The van der Waals surface area contributed by atoms with Gasteiger partial charge in [-0.1, -0.05) is 6.07 Å². The molecule has 2 N–H and O–H groups in total. The fourth-order valence-corrected chi connectivity index (χ4v) is 1.72. The van der Waals surface area contributed by atoms with E-state index in [0.29, 0.717) is 12.1 Å². The Hall–Kier alpha value is -2.08. The van der Waals surface area contributed by atoms with Crippen molar-refractivity contribution < 1.29 is 22.7 Å². The van der Waals surface area contributed by atoms with Gasteiger partial charge < -0.3 is 10.4 Å². The Labute approximate surface area is 112 Å². The molecule has 0 aliphatic heterocycles. The fourth-order valence-electron chi connectivity index (χ4n) is 1.72. The maximum atomic E-state index is 13.4. The summed E-state index contributed by atoms with van der Waals surface area (Å²) in [5.74, 6) is -3.19. The summed E-state index contributed by atoms with van der Waals surface area (Å²) in [7, 11) is 0. The predicted molar refractivity (Wildman–Crippen MR) is 66.2 cm³/mol. The summed E-state index contributed by atoms with van der Waals surface area (Å²) in [6.45, 7) is -0.203. The first-order valence-corrected chi connectivity index (χ1v) is 5.79. The number of hydrogen-bond donors (Lipinski definition) is 2. The molecule has 20 heavy (non-hydrogen) atoms. The Bertz CT molecular complexity index is 618. The zero-order chi connectivity index (χ0) is 14.7. The Balaban J connectivity index is 2.06. The summed E-state index contributed by atoms with van der Waals surface area (Å²) in [6.07, 6.45) is -1.29. The number of benzene rings is 2. The molecule has 106 valence electrons. The highest BCUT2D eigenvalue weighted by Gasteiger charge is 2.14. The van der Waals surface area contributed by atoms with Crippen molar-refractivity contribution in [3.8, 4) is 0 Å². The molecule has 0 amide bonds. The van der Waals surface area contributed by atoms with E-state index < -0.39 is 29.4 Å². The quantitative estimate of drug-likeness (QED) is 0.844. The van der Waals surface area contributed by atoms with Gasteiger partial charge in [-0.3, -0.25) is 0 Å². The zero-order valence-electron chi connectivity index (χ0n) is 10.2. The van der Waals surface area contributed by atoms with Crippen LogP contribution in [0.25, 0.3) is 0 Å². The molecule has 0 bridgehead atoms. The molecule has 0 saturated heterocycles. The molecule has 0 saturated carbocycles. The van der Waals surface area contributed by atoms with E-state index in [9.17, 15) is 22.7 Å². The van der Waals surface area contributed by atoms with Crippen LogP contribution in [0.3, 0.4) is 0 Å². The fraction of sp³-hybridized carbons (Fsp3) is 0.143. The van der Waals surface area contributed by atoms with Gasteiger partial charge in [0.2, 0.25) is 0 Å². The topological polar surface area (TPSA) is 32.3 Å². The second kappa shape index (κ2) is 5.92. The number of halogens is 4. The first kappa shape index (κ1) is 14.3. The summed E-state index contributed by atoms with van der Waals surface area (Å²) in [4.78, 5) is 0. The summed E-state index contributed by atoms with van der Waals surface area (Å²) >= 11 is 0. The number of anilines is 1. The van der Waals surface area contributed by atoms with E-state index in [-0.39, 0.29) is 17.8 Å². The van der Waals surface area contributed by atoms with Gasteiger partial charge in [-0.2, -0.15) is 0 Å². The maximum Gasteiger partial charge on any atom is 0.149 e. The van der Waals surface area contributed by atoms with E-state index in [0.717, 1.165) is 18.2 Å². The maximum absolute atomic E-state index is 13.4. The average molecular weight is 285 g/mol. The van der Waals surface area contributed by atoms with Crippen LogP contribution in [0.5, 0.6) is 0 Å². The third kappa shape index (κ3) is 3.27. The molecule has 0 heterocycles. The first-order chi connectivity index (χ1) is 9.47. The van der Waals surface area contributed by atoms with Crippen LogP contribution in [0, 0.1) is 23.3 Å². The van der Waals surface area contributed by atoms with Crippen molar-refractivity contribution in [2.45, 2.75) is 6.10 Å². The molecule has 0 radical (unpaired) electrons. The van der Waals surface area contributed by atoms with Crippen molar-refractivity contribution in [2.75, 3.05) is 11.9 Å². The van der Waals surface area contributed by atoms with Crippen LogP contribution in [-0.2, 0) is 0 Å². The van der Waals surface area contributed by atoms with E-state index in [2.05, 4.69) is 5.32 Å². The van der Waals surface area contributed by atoms with Crippen LogP contribution in [0.4, 0.5) is 23.2 Å². The molecular weight excluding hydrogens is 274 g/mol. The monoisotopic (exact) mass is 285 g/mol. The van der Waals surface area contributed by atoms with Gasteiger partial charge in [0.25, 0.3) is 0 Å². The van der Waals surface area contributed by atoms with Crippen LogP contribution in [0.15, 0.2) is 36.4 Å². The van der Waals surface area contributed by atoms with Crippen molar-refractivity contribution in [2.24, 2.45) is 0 Å². The predicted octanol–water partition coefficient (Wildman–Crippen LogP) is 3.39. The summed E-state index contributed by atoms with van der Waals surface area (Å²) in [6, 6.07) is 5.68. The SMILES string of the molecule is OC(CNc1ccc(F)cc1F)c1ccc(F)cc1F. The molecule has 2 nitrogen and oxygen atoms in total. The van der Waals surface area contributed by atoms with Crippen molar-refractivity contribution in [3.05, 3.63) is 65.2 Å². The number of hydrogen-bond acceptors (Lipinski definition) is 2. The molecule has 0 spiro atoms. The first-order valence-electron chi connectivity index (χ1n) is 5.79. The third-order valence-electron chi connectivity index (χ3n) is 2.74. The molecule has 2 aromatic carbocycles. The van der Waals surface area contributed by atoms with Crippen molar-refractivity contribution in [3.63, 3.8) is 0 Å². The molecule has 0 aliphatic rings. The summed E-state index contributed by atoms with van der Waals surface area (Å²) < 4.78 is 52.2. The Morgan fingerprint density at radius 3 is 2.10 bits per heavy atom. The van der Waals surface area contributed by atoms with Gasteiger partial charge in [0.15, 0.2) is 0 Å². The van der Waals surface area contributed by atoms with E-state index in [1.165, 1.54) is 6.07 Å². The Kier molecular flexibility index (Phi) is 4.24. The van der Waals surface area contributed by atoms with E-state index in [1.807, 2.05) is 0 Å². The van der Waals surface area contributed by atoms with E-state index in [4.69, 9.17) is 0 Å². The number of nitrogens with one attached hydrogen (secondary N) is 1. The van der Waals surface area contributed by atoms with Gasteiger partial charge in [-0.05, 0) is 18.2 Å². The van der Waals surface area contributed by atoms with Gasteiger partial charge in [-0.15, -0.1) is 0 Å². The molecule has 1 atom stereocenters. The largest absolute Gasteiger partial charge is 0.386 e. The number of aliphatic hydroxyl groups is 1. The lowest BCUT2D eigenvalue weighted by Gasteiger charge is -2.14. The number of aliphatic hydroxyl groups excluding tert-OH is 1. The Morgan fingerprint density at radius 2 is 1.50 bits per heavy atom. The lowest BCUT2D eigenvalue weighted by Crippen LogP contribution is -2.14. The lowest BCUT2D eigenvalue weighted by atomic mass is 10.1. The van der Waals surface area contributed by atoms with Crippen LogP contribution < -0.4 is 5.32 Å². The van der Waals surface area contributed by atoms with Gasteiger partial charge in [0.1, 0.15) is 23.3 Å². The smallest absolute Gasteiger partial charge is 0.149 e. The normalized spacial score (nSPS) is 12.2. The van der Waals surface area contributed by atoms with Crippen molar-refractivity contribution in [1.82, 2.24) is 0 Å². The average Bonchev–Trinajstić information content (AvgIpc) is 2.37. The summed E-state index contributed by atoms with van der Waals surface area (Å²) in [5, 5.41) is 12.3. The minimum Gasteiger partial charge on any atom is -0.386 e. The second-order valence-electron chi connectivity index (χ2n) is 4.19. The second-order valence-corrected chi connectivity index (χ2v) is 4.19. The molecule has 0 fully saturated rings. The highest BCUT2D eigenvalue weighted by atomic mass is 19.1. The Morgan fingerprint density at radius 1 is 0.900 bits per heavy atom. The standard InChI is InChI=1S/C14H11F4NO/c15-8-1-3-10(11(17)5-8)14(20)7-19-13-4-2-9(16)6-12(13)18/h1-6,14,19-20H,7H2. The van der Waals surface area contributed by atoms with Crippen LogP contribution >= 0.6 is 0 Å². The lowest BCUT2D eigenvalue weighted by molar-refractivity contribution is 0.186. The molecule has 2 rings (SSSR count). The van der Waals surface area contributed by atoms with E-state index in [1.54, 1.807) is 0 Å². The van der Waals surface area contributed by atoms with Crippen molar-refractivity contribution >= 4 is 5.69 Å². The third-order valence-corrected chi connectivity index (χ3v) is 2.74. The van der Waals surface area contributed by atoms with Crippen molar-refractivity contribution in [1.29, 1.82) is 0 Å². The summed E-state index contributed by atoms with van der Waals surface area (Å²) in [5.41, 5.74) is -0.130. The minimum atomic E-state index is -1.29. The molecule has 0 aromatic heterocycles. The zero-order valence-corrected chi connectivity index (χ0v) is 10.2.